The number of ether oxygens (including phenoxy) is 5. The molecule has 0 N–H and O–H groups in total. The van der Waals surface area contributed by atoms with Crippen molar-refractivity contribution in [2.75, 3.05) is 20.3 Å². The van der Waals surface area contributed by atoms with E-state index in [9.17, 15) is 4.79 Å². The Balaban J connectivity index is 1.85. The van der Waals surface area contributed by atoms with E-state index >= 15 is 0 Å². The van der Waals surface area contributed by atoms with Gasteiger partial charge in [-0.15, -0.1) is 0 Å². The lowest BCUT2D eigenvalue weighted by molar-refractivity contribution is -0.331. The van der Waals surface area contributed by atoms with E-state index in [2.05, 4.69) is 10.0 Å². The van der Waals surface area contributed by atoms with Gasteiger partial charge in [-0.3, -0.25) is 0 Å². The zero-order valence-corrected chi connectivity index (χ0v) is 15.5. The highest BCUT2D eigenvalue weighted by Crippen LogP contribution is 2.38. The lowest BCUT2D eigenvalue weighted by Gasteiger charge is -2.48. The molecule has 0 radical (unpaired) electrons. The minimum Gasteiger partial charge on any atom is -0.497 e. The first-order valence-electron chi connectivity index (χ1n) is 8.68. The SMILES string of the molecule is COc1ccc([C@@H]2OCC[C@H]([C@@H]3OC(C)(C)OC[C@@]3(C=O)N=[N+]=[N-])O2)cc1. The van der Waals surface area contributed by atoms with Gasteiger partial charge in [0.25, 0.3) is 0 Å². The fourth-order valence-corrected chi connectivity index (χ4v) is 3.22. The fraction of sp³-hybridized carbons (Fsp3) is 0.611. The predicted octanol–water partition coefficient (Wildman–Crippen LogP) is 2.90. The van der Waals surface area contributed by atoms with Crippen molar-refractivity contribution >= 4 is 6.29 Å². The second kappa shape index (κ2) is 7.84. The Morgan fingerprint density at radius 3 is 2.70 bits per heavy atom. The topological polar surface area (TPSA) is 112 Å². The Hall–Kier alpha value is -2.16. The van der Waals surface area contributed by atoms with Crippen LogP contribution in [0.1, 0.15) is 32.1 Å². The van der Waals surface area contributed by atoms with Crippen LogP contribution in [0.25, 0.3) is 10.4 Å². The molecule has 9 heteroatoms. The van der Waals surface area contributed by atoms with Crippen LogP contribution in [0.5, 0.6) is 5.75 Å². The van der Waals surface area contributed by atoms with Gasteiger partial charge in [-0.25, -0.2) is 0 Å². The molecule has 0 spiro atoms. The van der Waals surface area contributed by atoms with E-state index in [-0.39, 0.29) is 6.61 Å². The van der Waals surface area contributed by atoms with Gasteiger partial charge < -0.3 is 28.5 Å². The highest BCUT2D eigenvalue weighted by Gasteiger charge is 2.52. The number of hydrogen-bond donors (Lipinski definition) is 0. The summed E-state index contributed by atoms with van der Waals surface area (Å²) in [6.07, 6.45) is -0.860. The maximum atomic E-state index is 11.8. The highest BCUT2D eigenvalue weighted by molar-refractivity contribution is 5.66. The fourth-order valence-electron chi connectivity index (χ4n) is 3.22. The second-order valence-electron chi connectivity index (χ2n) is 6.96. The molecule has 2 fully saturated rings. The number of nitrogens with zero attached hydrogens (tertiary/aromatic N) is 3. The van der Waals surface area contributed by atoms with E-state index in [1.54, 1.807) is 21.0 Å². The summed E-state index contributed by atoms with van der Waals surface area (Å²) in [7, 11) is 1.59. The molecule has 0 saturated carbocycles. The molecule has 4 atom stereocenters. The first-order chi connectivity index (χ1) is 12.9. The van der Waals surface area contributed by atoms with Crippen molar-refractivity contribution in [1.29, 1.82) is 0 Å². The average Bonchev–Trinajstić information content (AvgIpc) is 2.69. The summed E-state index contributed by atoms with van der Waals surface area (Å²) in [6, 6.07) is 7.33. The van der Waals surface area contributed by atoms with Crippen molar-refractivity contribution in [2.24, 2.45) is 5.11 Å². The van der Waals surface area contributed by atoms with E-state index in [1.807, 2.05) is 24.3 Å². The van der Waals surface area contributed by atoms with Crippen molar-refractivity contribution in [2.45, 2.75) is 50.1 Å². The lowest BCUT2D eigenvalue weighted by Crippen LogP contribution is -2.62. The summed E-state index contributed by atoms with van der Waals surface area (Å²) in [5.41, 5.74) is 8.27. The van der Waals surface area contributed by atoms with Crippen LogP contribution in [0.4, 0.5) is 0 Å². The Morgan fingerprint density at radius 1 is 1.33 bits per heavy atom. The van der Waals surface area contributed by atoms with Crippen LogP contribution in [0, 0.1) is 0 Å². The summed E-state index contributed by atoms with van der Waals surface area (Å²) in [5.74, 6) is -0.205. The third kappa shape index (κ3) is 4.07. The van der Waals surface area contributed by atoms with Gasteiger partial charge in [-0.2, -0.15) is 0 Å². The van der Waals surface area contributed by atoms with Gasteiger partial charge in [0.2, 0.25) is 0 Å². The quantitative estimate of drug-likeness (QED) is 0.337. The first kappa shape index (κ1) is 19.6. The molecular formula is C18H23N3O6. The molecule has 146 valence electrons. The largest absolute Gasteiger partial charge is 0.497 e. The van der Waals surface area contributed by atoms with E-state index in [0.29, 0.717) is 19.3 Å². The van der Waals surface area contributed by atoms with Crippen LogP contribution < -0.4 is 4.74 Å². The van der Waals surface area contributed by atoms with Crippen molar-refractivity contribution in [3.63, 3.8) is 0 Å². The van der Waals surface area contributed by atoms with Gasteiger partial charge in [0.15, 0.2) is 17.6 Å². The Morgan fingerprint density at radius 2 is 2.07 bits per heavy atom. The third-order valence-corrected chi connectivity index (χ3v) is 4.69. The number of azide groups is 1. The smallest absolute Gasteiger partial charge is 0.184 e. The number of methoxy groups -OCH3 is 1. The molecule has 1 aromatic rings. The maximum Gasteiger partial charge on any atom is 0.184 e. The van der Waals surface area contributed by atoms with Crippen LogP contribution in [-0.4, -0.2) is 50.1 Å². The molecule has 0 aliphatic carbocycles. The summed E-state index contributed by atoms with van der Waals surface area (Å²) in [4.78, 5) is 14.7. The summed E-state index contributed by atoms with van der Waals surface area (Å²) in [5, 5.41) is 3.70. The first-order valence-corrected chi connectivity index (χ1v) is 8.68. The van der Waals surface area contributed by atoms with Crippen LogP contribution in [0.15, 0.2) is 29.4 Å². The van der Waals surface area contributed by atoms with Gasteiger partial charge in [0, 0.05) is 10.5 Å². The molecule has 0 bridgehead atoms. The van der Waals surface area contributed by atoms with Gasteiger partial charge in [0.1, 0.15) is 18.1 Å². The Bertz CT molecular complexity index is 718. The molecule has 3 rings (SSSR count). The second-order valence-corrected chi connectivity index (χ2v) is 6.96. The molecular weight excluding hydrogens is 354 g/mol. The van der Waals surface area contributed by atoms with Crippen LogP contribution in [0.3, 0.4) is 0 Å². The maximum absolute atomic E-state index is 11.8. The minimum absolute atomic E-state index is 0.0772. The van der Waals surface area contributed by atoms with Crippen molar-refractivity contribution < 1.29 is 28.5 Å². The molecule has 2 aliphatic heterocycles. The van der Waals surface area contributed by atoms with Crippen LogP contribution in [-0.2, 0) is 23.7 Å². The molecule has 27 heavy (non-hydrogen) atoms. The third-order valence-electron chi connectivity index (χ3n) is 4.69. The summed E-state index contributed by atoms with van der Waals surface area (Å²) in [6.45, 7) is 3.82. The Labute approximate surface area is 157 Å². The number of hydrogen-bond acceptors (Lipinski definition) is 7. The Kier molecular flexibility index (Phi) is 5.69. The van der Waals surface area contributed by atoms with Crippen molar-refractivity contribution in [1.82, 2.24) is 0 Å². The van der Waals surface area contributed by atoms with E-state index in [1.165, 1.54) is 0 Å². The van der Waals surface area contributed by atoms with Crippen LogP contribution in [0.2, 0.25) is 0 Å². The molecule has 9 nitrogen and oxygen atoms in total. The molecule has 2 aliphatic rings. The van der Waals surface area contributed by atoms with Crippen molar-refractivity contribution in [3.05, 3.63) is 40.3 Å². The summed E-state index contributed by atoms with van der Waals surface area (Å²) >= 11 is 0. The number of carbonyl (C=O) groups excluding carboxylic acids is 1. The monoisotopic (exact) mass is 377 g/mol. The van der Waals surface area contributed by atoms with Crippen molar-refractivity contribution in [3.8, 4) is 5.75 Å². The highest BCUT2D eigenvalue weighted by atomic mass is 16.7. The molecule has 1 aromatic carbocycles. The zero-order chi connectivity index (χ0) is 19.5. The number of aldehydes is 1. The van der Waals surface area contributed by atoms with Gasteiger partial charge in [0.05, 0.1) is 26.4 Å². The molecule has 0 unspecified atom stereocenters. The number of carbonyl (C=O) groups is 1. The van der Waals surface area contributed by atoms with E-state index < -0.39 is 29.8 Å². The predicted molar refractivity (Wildman–Crippen MR) is 94.0 cm³/mol. The molecule has 0 amide bonds. The van der Waals surface area contributed by atoms with E-state index in [0.717, 1.165) is 11.3 Å². The molecule has 0 aromatic heterocycles. The minimum atomic E-state index is -1.49. The lowest BCUT2D eigenvalue weighted by atomic mass is 9.88. The van der Waals surface area contributed by atoms with Gasteiger partial charge in [-0.1, -0.05) is 17.2 Å². The average molecular weight is 377 g/mol. The van der Waals surface area contributed by atoms with Crippen LogP contribution >= 0.6 is 0 Å². The molecule has 2 heterocycles. The van der Waals surface area contributed by atoms with E-state index in [4.69, 9.17) is 29.2 Å². The number of benzene rings is 1. The van der Waals surface area contributed by atoms with Gasteiger partial charge >= 0.3 is 0 Å². The number of rotatable bonds is 5. The summed E-state index contributed by atoms with van der Waals surface area (Å²) < 4.78 is 28.5. The normalized spacial score (nSPS) is 32.9. The molecule has 2 saturated heterocycles. The zero-order valence-electron chi connectivity index (χ0n) is 15.5. The standard InChI is InChI=1S/C18H23N3O6/c1-17(2)25-11-18(10-22,20-21-19)15(27-17)14-8-9-24-16(26-14)12-4-6-13(23-3)7-5-12/h4-7,10,14-16H,8-9,11H2,1-3H3/t14-,15+,16-,18-/m1/s1. The van der Waals surface area contributed by atoms with Gasteiger partial charge in [-0.05, 0) is 37.9 Å².